The monoisotopic (exact) mass is 372 g/mol. The van der Waals surface area contributed by atoms with E-state index in [4.69, 9.17) is 10.7 Å². The van der Waals surface area contributed by atoms with Crippen LogP contribution in [0, 0.1) is 17.8 Å². The normalized spacial score (nSPS) is 29.2. The zero-order valence-corrected chi connectivity index (χ0v) is 17.0. The van der Waals surface area contributed by atoms with Crippen molar-refractivity contribution in [3.05, 3.63) is 83.1 Å². The largest absolute Gasteiger partial charge is 0.330 e. The highest BCUT2D eigenvalue weighted by Gasteiger charge is 2.31. The molecule has 3 unspecified atom stereocenters. The molecule has 1 aliphatic heterocycles. The highest BCUT2D eigenvalue weighted by Crippen LogP contribution is 2.37. The maximum atomic E-state index is 5.84. The van der Waals surface area contributed by atoms with Crippen LogP contribution >= 0.6 is 0 Å². The third-order valence-electron chi connectivity index (χ3n) is 6.38. The third kappa shape index (κ3) is 4.12. The highest BCUT2D eigenvalue weighted by atomic mass is 14.8. The number of allylic oxidation sites excluding steroid dienone is 14. The Hall–Kier alpha value is -2.19. The summed E-state index contributed by atoms with van der Waals surface area (Å²) in [7, 11) is 0. The second-order valence-electron chi connectivity index (χ2n) is 8.37. The van der Waals surface area contributed by atoms with Gasteiger partial charge in [-0.2, -0.15) is 0 Å². The van der Waals surface area contributed by atoms with Crippen LogP contribution in [0.15, 0.2) is 88.0 Å². The van der Waals surface area contributed by atoms with Crippen molar-refractivity contribution >= 4 is 5.71 Å². The number of hydrogen-bond donors (Lipinski definition) is 1. The van der Waals surface area contributed by atoms with Crippen LogP contribution in [0.25, 0.3) is 0 Å². The van der Waals surface area contributed by atoms with E-state index in [-0.39, 0.29) is 0 Å². The van der Waals surface area contributed by atoms with Crippen molar-refractivity contribution < 1.29 is 0 Å². The van der Waals surface area contributed by atoms with Crippen LogP contribution in [-0.4, -0.2) is 18.8 Å². The van der Waals surface area contributed by atoms with Crippen LogP contribution in [0.4, 0.5) is 0 Å². The number of aliphatic imine (C=N–C) groups is 1. The van der Waals surface area contributed by atoms with Crippen molar-refractivity contribution in [3.8, 4) is 0 Å². The first-order valence-corrected chi connectivity index (χ1v) is 10.8. The van der Waals surface area contributed by atoms with Gasteiger partial charge in [0.05, 0.1) is 0 Å². The minimum Gasteiger partial charge on any atom is -0.330 e. The molecule has 0 aromatic carbocycles. The summed E-state index contributed by atoms with van der Waals surface area (Å²) in [6, 6.07) is 0. The molecule has 0 saturated carbocycles. The predicted molar refractivity (Wildman–Crippen MR) is 120 cm³/mol. The van der Waals surface area contributed by atoms with E-state index in [1.807, 2.05) is 0 Å². The Balaban J connectivity index is 1.61. The fourth-order valence-corrected chi connectivity index (χ4v) is 4.72. The smallest absolute Gasteiger partial charge is 0.0423 e. The molecular weight excluding hydrogens is 340 g/mol. The van der Waals surface area contributed by atoms with Gasteiger partial charge in [0.15, 0.2) is 0 Å². The van der Waals surface area contributed by atoms with Gasteiger partial charge in [0.2, 0.25) is 0 Å². The molecule has 0 fully saturated rings. The average molecular weight is 373 g/mol. The average Bonchev–Trinajstić information content (AvgIpc) is 2.91. The molecule has 28 heavy (non-hydrogen) atoms. The highest BCUT2D eigenvalue weighted by molar-refractivity contribution is 5.91. The molecule has 3 aliphatic carbocycles. The number of nitrogens with two attached hydrogens (primary N) is 1. The fourth-order valence-electron chi connectivity index (χ4n) is 4.72. The van der Waals surface area contributed by atoms with Gasteiger partial charge >= 0.3 is 0 Å². The molecule has 2 nitrogen and oxygen atoms in total. The zero-order valence-electron chi connectivity index (χ0n) is 17.0. The van der Waals surface area contributed by atoms with Gasteiger partial charge in [-0.3, -0.25) is 4.99 Å². The lowest BCUT2D eigenvalue weighted by Gasteiger charge is -2.26. The second-order valence-corrected chi connectivity index (χ2v) is 8.37. The van der Waals surface area contributed by atoms with Gasteiger partial charge in [0.25, 0.3) is 0 Å². The first-order chi connectivity index (χ1) is 13.8. The van der Waals surface area contributed by atoms with Gasteiger partial charge in [-0.05, 0) is 61.3 Å². The van der Waals surface area contributed by atoms with E-state index in [0.717, 1.165) is 45.2 Å². The van der Waals surface area contributed by atoms with Gasteiger partial charge in [-0.1, -0.05) is 73.3 Å². The Bertz CT molecular complexity index is 842. The summed E-state index contributed by atoms with van der Waals surface area (Å²) in [5.74, 6) is 1.69. The molecular formula is C26H32N2. The summed E-state index contributed by atoms with van der Waals surface area (Å²) in [4.78, 5) is 4.85. The molecule has 4 aliphatic rings. The lowest BCUT2D eigenvalue weighted by atomic mass is 9.78. The van der Waals surface area contributed by atoms with Gasteiger partial charge in [0.1, 0.15) is 0 Å². The second kappa shape index (κ2) is 8.87. The lowest BCUT2D eigenvalue weighted by Crippen LogP contribution is -2.22. The maximum absolute atomic E-state index is 5.84. The van der Waals surface area contributed by atoms with E-state index < -0.39 is 0 Å². The Labute approximate surface area is 169 Å². The van der Waals surface area contributed by atoms with Crippen LogP contribution in [-0.2, 0) is 0 Å². The van der Waals surface area contributed by atoms with Crippen molar-refractivity contribution in [2.24, 2.45) is 28.5 Å². The molecule has 0 saturated heterocycles. The summed E-state index contributed by atoms with van der Waals surface area (Å²) in [5.41, 5.74) is 12.9. The molecule has 0 spiro atoms. The minimum atomic E-state index is 0.454. The summed E-state index contributed by atoms with van der Waals surface area (Å²) in [5, 5.41) is 0. The van der Waals surface area contributed by atoms with Crippen LogP contribution in [0.3, 0.4) is 0 Å². The van der Waals surface area contributed by atoms with E-state index in [1.54, 1.807) is 5.57 Å². The molecule has 0 bridgehead atoms. The molecule has 0 radical (unpaired) electrons. The number of fused-ring (bicyclic) bond motifs is 1. The lowest BCUT2D eigenvalue weighted by molar-refractivity contribution is 0.555. The molecule has 0 aromatic heterocycles. The molecule has 0 aromatic rings. The first-order valence-electron chi connectivity index (χ1n) is 10.8. The van der Waals surface area contributed by atoms with Crippen molar-refractivity contribution in [1.29, 1.82) is 0 Å². The van der Waals surface area contributed by atoms with Gasteiger partial charge in [0, 0.05) is 24.1 Å². The summed E-state index contributed by atoms with van der Waals surface area (Å²) in [6.45, 7) is 4.07. The number of hydrogen-bond acceptors (Lipinski definition) is 2. The van der Waals surface area contributed by atoms with E-state index in [2.05, 4.69) is 67.7 Å². The van der Waals surface area contributed by atoms with Crippen molar-refractivity contribution in [2.75, 3.05) is 13.1 Å². The molecule has 4 rings (SSSR count). The van der Waals surface area contributed by atoms with E-state index >= 15 is 0 Å². The van der Waals surface area contributed by atoms with Gasteiger partial charge in [-0.15, -0.1) is 0 Å². The van der Waals surface area contributed by atoms with E-state index in [0.29, 0.717) is 17.8 Å². The Morgan fingerprint density at radius 1 is 1.11 bits per heavy atom. The SMILES string of the molecule is CC1CN=C2CC(C3=C(CCCN)CC=C(C4=CC=CCC=C4)C=C3)C=CC21. The molecule has 0 amide bonds. The summed E-state index contributed by atoms with van der Waals surface area (Å²) >= 11 is 0. The first kappa shape index (κ1) is 19.1. The van der Waals surface area contributed by atoms with Crippen LogP contribution in [0.2, 0.25) is 0 Å². The van der Waals surface area contributed by atoms with E-state index in [9.17, 15) is 0 Å². The summed E-state index contributed by atoms with van der Waals surface area (Å²) < 4.78 is 0. The standard InChI is InChI=1S/C26H32N2/c1-19-18-28-26-17-23(13-14-24(19)26)25-15-12-21(10-11-22(25)9-6-16-27)20-7-4-2-3-5-8-20/h2,4-5,7-8,10,12-15,19,23-24H,3,6,9,11,16-18,27H2,1H3. The van der Waals surface area contributed by atoms with Crippen LogP contribution in [0.5, 0.6) is 0 Å². The Morgan fingerprint density at radius 2 is 2.04 bits per heavy atom. The zero-order chi connectivity index (χ0) is 19.3. The van der Waals surface area contributed by atoms with E-state index in [1.165, 1.54) is 22.4 Å². The van der Waals surface area contributed by atoms with Crippen LogP contribution in [0.1, 0.15) is 39.0 Å². The number of nitrogens with zero attached hydrogens (tertiary/aromatic N) is 1. The maximum Gasteiger partial charge on any atom is 0.0423 e. The predicted octanol–water partition coefficient (Wildman–Crippen LogP) is 5.63. The topological polar surface area (TPSA) is 38.4 Å². The molecule has 3 atom stereocenters. The van der Waals surface area contributed by atoms with Crippen molar-refractivity contribution in [3.63, 3.8) is 0 Å². The van der Waals surface area contributed by atoms with Crippen LogP contribution < -0.4 is 5.73 Å². The Kier molecular flexibility index (Phi) is 6.07. The summed E-state index contributed by atoms with van der Waals surface area (Å²) in [6.07, 6.45) is 28.3. The minimum absolute atomic E-state index is 0.454. The quantitative estimate of drug-likeness (QED) is 0.624. The van der Waals surface area contributed by atoms with Crippen molar-refractivity contribution in [2.45, 2.75) is 39.0 Å². The molecule has 2 N–H and O–H groups in total. The van der Waals surface area contributed by atoms with Gasteiger partial charge < -0.3 is 5.73 Å². The molecule has 1 heterocycles. The van der Waals surface area contributed by atoms with Crippen molar-refractivity contribution in [1.82, 2.24) is 0 Å². The molecule has 2 heteroatoms. The fraction of sp³-hybridized carbons (Fsp3) is 0.423. The van der Waals surface area contributed by atoms with Gasteiger partial charge in [-0.25, -0.2) is 0 Å². The third-order valence-corrected chi connectivity index (χ3v) is 6.38. The number of rotatable bonds is 5. The Morgan fingerprint density at radius 3 is 2.93 bits per heavy atom. The molecule has 146 valence electrons.